The number of methoxy groups -OCH3 is 1. The van der Waals surface area contributed by atoms with Crippen LogP contribution in [0, 0.1) is 13.8 Å². The van der Waals surface area contributed by atoms with Crippen LogP contribution in [-0.2, 0) is 10.0 Å². The molecular weight excluding hydrogens is 310 g/mol. The number of para-hydroxylation sites is 1. The van der Waals surface area contributed by atoms with Gasteiger partial charge in [0.1, 0.15) is 5.75 Å². The zero-order valence-electron chi connectivity index (χ0n) is 14.2. The Hall–Kier alpha value is -2.01. The lowest BCUT2D eigenvalue weighted by Crippen LogP contribution is -2.37. The van der Waals surface area contributed by atoms with Gasteiger partial charge in [0, 0.05) is 6.04 Å². The normalized spacial score (nSPS) is 11.6. The second-order valence-electron chi connectivity index (χ2n) is 5.75. The summed E-state index contributed by atoms with van der Waals surface area (Å²) in [4.78, 5) is 0.313. The van der Waals surface area contributed by atoms with E-state index < -0.39 is 10.0 Å². The largest absolute Gasteiger partial charge is 0.496 e. The lowest BCUT2D eigenvalue weighted by atomic mass is 10.1. The Bertz CT molecular complexity index is 783. The summed E-state index contributed by atoms with van der Waals surface area (Å²) in [7, 11) is -2.07. The van der Waals surface area contributed by atoms with Gasteiger partial charge in [-0.2, -0.15) is 0 Å². The summed E-state index contributed by atoms with van der Waals surface area (Å²) in [5.74, 6) is 0.692. The molecule has 0 atom stereocenters. The molecule has 0 heterocycles. The molecule has 0 aliphatic carbocycles. The van der Waals surface area contributed by atoms with E-state index in [1.807, 2.05) is 58.0 Å². The van der Waals surface area contributed by atoms with Gasteiger partial charge in [0.25, 0.3) is 10.0 Å². The maximum absolute atomic E-state index is 13.2. The Morgan fingerprint density at radius 2 is 1.57 bits per heavy atom. The van der Waals surface area contributed by atoms with Gasteiger partial charge in [-0.3, -0.25) is 4.31 Å². The number of nitrogens with zero attached hydrogens (tertiary/aromatic N) is 1. The van der Waals surface area contributed by atoms with Crippen molar-refractivity contribution >= 4 is 15.7 Å². The standard InChI is InChI=1S/C18H23NO3S/c1-13(2)19(16-9-7-6-8-10-16)23(20,21)18-12-11-17(22-5)14(3)15(18)4/h6-13H,1-5H3. The third-order valence-electron chi connectivity index (χ3n) is 3.92. The van der Waals surface area contributed by atoms with E-state index in [2.05, 4.69) is 0 Å². The highest BCUT2D eigenvalue weighted by molar-refractivity contribution is 7.93. The van der Waals surface area contributed by atoms with Crippen LogP contribution in [0.15, 0.2) is 47.4 Å². The predicted molar refractivity (Wildman–Crippen MR) is 93.7 cm³/mol. The Balaban J connectivity index is 2.62. The number of hydrogen-bond donors (Lipinski definition) is 0. The lowest BCUT2D eigenvalue weighted by molar-refractivity contribution is 0.410. The van der Waals surface area contributed by atoms with Gasteiger partial charge >= 0.3 is 0 Å². The van der Waals surface area contributed by atoms with Gasteiger partial charge in [-0.15, -0.1) is 0 Å². The Morgan fingerprint density at radius 1 is 0.957 bits per heavy atom. The molecule has 0 unspecified atom stereocenters. The van der Waals surface area contributed by atoms with E-state index in [-0.39, 0.29) is 6.04 Å². The van der Waals surface area contributed by atoms with Crippen molar-refractivity contribution in [1.82, 2.24) is 0 Å². The SMILES string of the molecule is COc1ccc(S(=O)(=O)N(c2ccccc2)C(C)C)c(C)c1C. The molecule has 23 heavy (non-hydrogen) atoms. The molecule has 0 amide bonds. The molecule has 0 spiro atoms. The molecule has 2 aromatic carbocycles. The van der Waals surface area contributed by atoms with Crippen molar-refractivity contribution in [1.29, 1.82) is 0 Å². The van der Waals surface area contributed by atoms with Gasteiger partial charge in [0.15, 0.2) is 0 Å². The molecule has 0 aromatic heterocycles. The maximum atomic E-state index is 13.2. The minimum atomic E-state index is -3.65. The monoisotopic (exact) mass is 333 g/mol. The van der Waals surface area contributed by atoms with Crippen molar-refractivity contribution < 1.29 is 13.2 Å². The third-order valence-corrected chi connectivity index (χ3v) is 6.07. The molecule has 0 aliphatic rings. The number of rotatable bonds is 5. The van der Waals surface area contributed by atoms with Crippen molar-refractivity contribution in [3.8, 4) is 5.75 Å². The Labute approximate surface area is 138 Å². The Kier molecular flexibility index (Phi) is 5.00. The zero-order chi connectivity index (χ0) is 17.2. The van der Waals surface area contributed by atoms with Crippen molar-refractivity contribution in [2.75, 3.05) is 11.4 Å². The highest BCUT2D eigenvalue weighted by Crippen LogP contribution is 2.32. The Morgan fingerprint density at radius 3 is 2.09 bits per heavy atom. The highest BCUT2D eigenvalue weighted by Gasteiger charge is 2.29. The summed E-state index contributed by atoms with van der Waals surface area (Å²) < 4.78 is 33.2. The van der Waals surface area contributed by atoms with Crippen LogP contribution in [0.25, 0.3) is 0 Å². The smallest absolute Gasteiger partial charge is 0.264 e. The fourth-order valence-corrected chi connectivity index (χ4v) is 4.61. The topological polar surface area (TPSA) is 46.6 Å². The van der Waals surface area contributed by atoms with Gasteiger partial charge < -0.3 is 4.74 Å². The molecule has 0 N–H and O–H groups in total. The van der Waals surface area contributed by atoms with Crippen molar-refractivity contribution in [3.05, 3.63) is 53.6 Å². The quantitative estimate of drug-likeness (QED) is 0.833. The number of hydrogen-bond acceptors (Lipinski definition) is 3. The molecular formula is C18H23NO3S. The average molecular weight is 333 g/mol. The zero-order valence-corrected chi connectivity index (χ0v) is 15.0. The summed E-state index contributed by atoms with van der Waals surface area (Å²) in [5.41, 5.74) is 2.21. The molecule has 0 radical (unpaired) electrons. The minimum Gasteiger partial charge on any atom is -0.496 e. The fourth-order valence-electron chi connectivity index (χ4n) is 2.67. The first-order chi connectivity index (χ1) is 10.8. The van der Waals surface area contributed by atoms with Crippen LogP contribution in [0.4, 0.5) is 5.69 Å². The van der Waals surface area contributed by atoms with Crippen LogP contribution >= 0.6 is 0 Å². The summed E-state index contributed by atoms with van der Waals surface area (Å²) >= 11 is 0. The molecule has 2 aromatic rings. The van der Waals surface area contributed by atoms with E-state index in [1.54, 1.807) is 19.2 Å². The van der Waals surface area contributed by atoms with E-state index in [9.17, 15) is 8.42 Å². The molecule has 2 rings (SSSR count). The first-order valence-electron chi connectivity index (χ1n) is 7.54. The first kappa shape index (κ1) is 17.3. The third kappa shape index (κ3) is 3.20. The summed E-state index contributed by atoms with van der Waals surface area (Å²) in [6, 6.07) is 12.3. The van der Waals surface area contributed by atoms with Crippen LogP contribution < -0.4 is 9.04 Å². The van der Waals surface area contributed by atoms with E-state index in [1.165, 1.54) is 4.31 Å². The highest BCUT2D eigenvalue weighted by atomic mass is 32.2. The van der Waals surface area contributed by atoms with Gasteiger partial charge in [0.2, 0.25) is 0 Å². The fraction of sp³-hybridized carbons (Fsp3) is 0.333. The van der Waals surface area contributed by atoms with Crippen molar-refractivity contribution in [2.24, 2.45) is 0 Å². The van der Waals surface area contributed by atoms with Crippen molar-refractivity contribution in [2.45, 2.75) is 38.6 Å². The molecule has 0 saturated heterocycles. The molecule has 0 saturated carbocycles. The second kappa shape index (κ2) is 6.62. The summed E-state index contributed by atoms with van der Waals surface area (Å²) in [5, 5.41) is 0. The molecule has 0 fully saturated rings. The number of anilines is 1. The van der Waals surface area contributed by atoms with Gasteiger partial charge in [0.05, 0.1) is 17.7 Å². The van der Waals surface area contributed by atoms with Crippen LogP contribution in [0.5, 0.6) is 5.75 Å². The predicted octanol–water partition coefficient (Wildman–Crippen LogP) is 3.92. The van der Waals surface area contributed by atoms with Gasteiger partial charge in [-0.1, -0.05) is 18.2 Å². The van der Waals surface area contributed by atoms with Gasteiger partial charge in [-0.25, -0.2) is 8.42 Å². The number of ether oxygens (including phenoxy) is 1. The van der Waals surface area contributed by atoms with Crippen molar-refractivity contribution in [3.63, 3.8) is 0 Å². The molecule has 124 valence electrons. The van der Waals surface area contributed by atoms with E-state index in [4.69, 9.17) is 4.74 Å². The van der Waals surface area contributed by atoms with Crippen LogP contribution in [0.1, 0.15) is 25.0 Å². The minimum absolute atomic E-state index is 0.191. The maximum Gasteiger partial charge on any atom is 0.264 e. The van der Waals surface area contributed by atoms with Crippen LogP contribution in [0.2, 0.25) is 0 Å². The van der Waals surface area contributed by atoms with E-state index in [0.717, 1.165) is 5.56 Å². The van der Waals surface area contributed by atoms with Crippen LogP contribution in [-0.4, -0.2) is 21.6 Å². The summed E-state index contributed by atoms with van der Waals surface area (Å²) in [6.45, 7) is 7.43. The molecule has 4 nitrogen and oxygen atoms in total. The van der Waals surface area contributed by atoms with Gasteiger partial charge in [-0.05, 0) is 63.1 Å². The average Bonchev–Trinajstić information content (AvgIpc) is 2.50. The van der Waals surface area contributed by atoms with E-state index in [0.29, 0.717) is 21.9 Å². The number of benzene rings is 2. The summed E-state index contributed by atoms with van der Waals surface area (Å²) in [6.07, 6.45) is 0. The molecule has 5 heteroatoms. The number of sulfonamides is 1. The molecule has 0 bridgehead atoms. The second-order valence-corrected chi connectivity index (χ2v) is 7.53. The first-order valence-corrected chi connectivity index (χ1v) is 8.98. The molecule has 0 aliphatic heterocycles. The van der Waals surface area contributed by atoms with E-state index >= 15 is 0 Å². The van der Waals surface area contributed by atoms with Crippen LogP contribution in [0.3, 0.4) is 0 Å². The lowest BCUT2D eigenvalue weighted by Gasteiger charge is -2.29.